The van der Waals surface area contributed by atoms with Gasteiger partial charge in [0.05, 0.1) is 49.9 Å². The van der Waals surface area contributed by atoms with Crippen LogP contribution in [0.1, 0.15) is 33.4 Å². The van der Waals surface area contributed by atoms with Gasteiger partial charge in [-0.3, -0.25) is 0 Å². The highest BCUT2D eigenvalue weighted by atomic mass is 15.0. The van der Waals surface area contributed by atoms with Gasteiger partial charge in [-0.2, -0.15) is 0 Å². The van der Waals surface area contributed by atoms with Gasteiger partial charge in [0.2, 0.25) is 0 Å². The molecule has 0 saturated heterocycles. The lowest BCUT2D eigenvalue weighted by molar-refractivity contribution is 0.653. The molecular weight excluding hydrogens is 823 g/mol. The molecule has 0 fully saturated rings. The average molecular weight is 864 g/mol. The standard InChI is InChI=1S/C65H41N3/c1-2-17-43(18-3-1)66-59-32-12-16-40-38-41-34-36-57(67-53-28-8-4-19-44(53)45-20-5-9-29-54(45)67)48-23-13-25-50(61(41)48)65(52-27-15-33-60(66)64(52)63(40)59)39-42-35-37-58(49-24-14-26-51(65)62(42)49)68-55-30-10-6-21-46(55)47-22-7-11-31-56(47)68/h1-37H,38-39H2. The zero-order valence-corrected chi connectivity index (χ0v) is 37.1. The molecule has 0 N–H and O–H groups in total. The van der Waals surface area contributed by atoms with Crippen molar-refractivity contribution in [3.63, 3.8) is 0 Å². The number of para-hydroxylation sites is 5. The molecule has 0 saturated carbocycles. The summed E-state index contributed by atoms with van der Waals surface area (Å²) in [5.74, 6) is 0. The topological polar surface area (TPSA) is 14.8 Å². The summed E-state index contributed by atoms with van der Waals surface area (Å²) in [7, 11) is 0. The molecule has 2 aliphatic carbocycles. The second-order valence-electron chi connectivity index (χ2n) is 19.1. The van der Waals surface area contributed by atoms with E-state index in [0.29, 0.717) is 0 Å². The summed E-state index contributed by atoms with van der Waals surface area (Å²) in [4.78, 5) is 0. The van der Waals surface area contributed by atoms with Crippen molar-refractivity contribution < 1.29 is 0 Å². The van der Waals surface area contributed by atoms with Crippen LogP contribution in [0, 0.1) is 0 Å². The SMILES string of the molecule is c1ccc(-n2c3cccc4c3c3c(cccc32)C2(Cc3ccc(-n5c6ccccc6c6ccccc65)c5cccc2c35)c2cccc3c(-n5c6ccccc6c6ccccc65)ccc(c23)C4)cc1. The second-order valence-corrected chi connectivity index (χ2v) is 19.1. The van der Waals surface area contributed by atoms with Gasteiger partial charge in [0, 0.05) is 48.8 Å². The molecule has 1 spiro atoms. The monoisotopic (exact) mass is 863 g/mol. The molecule has 0 radical (unpaired) electrons. The summed E-state index contributed by atoms with van der Waals surface area (Å²) in [6, 6.07) is 84.9. The normalized spacial score (nSPS) is 15.3. The van der Waals surface area contributed by atoms with Crippen LogP contribution in [0.4, 0.5) is 0 Å². The minimum atomic E-state index is -0.540. The van der Waals surface area contributed by atoms with Crippen LogP contribution < -0.4 is 0 Å². The molecule has 0 amide bonds. The zero-order chi connectivity index (χ0) is 44.2. The van der Waals surface area contributed by atoms with Gasteiger partial charge in [-0.05, 0) is 118 Å². The maximum atomic E-state index is 2.52. The van der Waals surface area contributed by atoms with Crippen LogP contribution in [-0.4, -0.2) is 13.7 Å². The Morgan fingerprint density at radius 3 is 1.22 bits per heavy atom. The predicted molar refractivity (Wildman–Crippen MR) is 284 cm³/mol. The van der Waals surface area contributed by atoms with Gasteiger partial charge in [0.15, 0.2) is 0 Å². The molecule has 68 heavy (non-hydrogen) atoms. The molecule has 0 aliphatic heterocycles. The average Bonchev–Trinajstić information content (AvgIpc) is 4.14. The van der Waals surface area contributed by atoms with E-state index in [-0.39, 0.29) is 0 Å². The first-order chi connectivity index (χ1) is 33.8. The fourth-order valence-corrected chi connectivity index (χ4v) is 13.4. The van der Waals surface area contributed by atoms with E-state index in [4.69, 9.17) is 0 Å². The van der Waals surface area contributed by atoms with Crippen LogP contribution in [0.3, 0.4) is 0 Å². The van der Waals surface area contributed by atoms with E-state index in [1.54, 1.807) is 0 Å². The van der Waals surface area contributed by atoms with Crippen molar-refractivity contribution in [2.45, 2.75) is 18.3 Å². The molecule has 3 heterocycles. The number of benzene rings is 11. The first-order valence-electron chi connectivity index (χ1n) is 23.9. The van der Waals surface area contributed by atoms with E-state index >= 15 is 0 Å². The molecule has 2 aliphatic rings. The number of aromatic nitrogens is 3. The van der Waals surface area contributed by atoms with Crippen molar-refractivity contribution in [3.05, 3.63) is 258 Å². The second kappa shape index (κ2) is 13.2. The Morgan fingerprint density at radius 2 is 0.662 bits per heavy atom. The first kappa shape index (κ1) is 36.5. The van der Waals surface area contributed by atoms with E-state index in [1.165, 1.54) is 137 Å². The van der Waals surface area contributed by atoms with E-state index in [1.807, 2.05) is 0 Å². The van der Waals surface area contributed by atoms with Crippen molar-refractivity contribution >= 4 is 87.0 Å². The molecule has 0 bridgehead atoms. The molecule has 14 aromatic rings. The van der Waals surface area contributed by atoms with Crippen molar-refractivity contribution in [1.29, 1.82) is 0 Å². The molecule has 3 aromatic heterocycles. The first-order valence-corrected chi connectivity index (χ1v) is 23.9. The molecule has 3 nitrogen and oxygen atoms in total. The summed E-state index contributed by atoms with van der Waals surface area (Å²) in [6.45, 7) is 0. The zero-order valence-electron chi connectivity index (χ0n) is 37.1. The Balaban J connectivity index is 1.08. The fraction of sp³-hybridized carbons (Fsp3) is 0.0462. The van der Waals surface area contributed by atoms with Crippen LogP contribution in [0.2, 0.25) is 0 Å². The van der Waals surface area contributed by atoms with Gasteiger partial charge in [-0.15, -0.1) is 0 Å². The Labute approximate surface area is 392 Å². The van der Waals surface area contributed by atoms with E-state index in [9.17, 15) is 0 Å². The summed E-state index contributed by atoms with van der Waals surface area (Å²) < 4.78 is 7.55. The van der Waals surface area contributed by atoms with Crippen LogP contribution in [0.15, 0.2) is 224 Å². The Bertz CT molecular complexity index is 4400. The van der Waals surface area contributed by atoms with Gasteiger partial charge < -0.3 is 13.7 Å². The van der Waals surface area contributed by atoms with E-state index in [0.717, 1.165) is 12.8 Å². The van der Waals surface area contributed by atoms with Crippen molar-refractivity contribution in [2.75, 3.05) is 0 Å². The summed E-state index contributed by atoms with van der Waals surface area (Å²) >= 11 is 0. The molecule has 11 aromatic carbocycles. The number of nitrogens with zero attached hydrogens (tertiary/aromatic N) is 3. The van der Waals surface area contributed by atoms with Crippen LogP contribution >= 0.6 is 0 Å². The summed E-state index contributed by atoms with van der Waals surface area (Å²) in [6.07, 6.45) is 1.65. The van der Waals surface area contributed by atoms with Crippen molar-refractivity contribution in [1.82, 2.24) is 13.7 Å². The molecular formula is C65H41N3. The van der Waals surface area contributed by atoms with Gasteiger partial charge in [0.1, 0.15) is 0 Å². The summed E-state index contributed by atoms with van der Waals surface area (Å²) in [5, 5.41) is 13.1. The quantitative estimate of drug-likeness (QED) is 0.168. The largest absolute Gasteiger partial charge is 0.309 e. The highest BCUT2D eigenvalue weighted by Gasteiger charge is 2.46. The van der Waals surface area contributed by atoms with Gasteiger partial charge in [-0.25, -0.2) is 0 Å². The van der Waals surface area contributed by atoms with E-state index < -0.39 is 5.41 Å². The maximum Gasteiger partial charge on any atom is 0.0544 e. The predicted octanol–water partition coefficient (Wildman–Crippen LogP) is 16.1. The molecule has 3 heteroatoms. The molecule has 16 rings (SSSR count). The van der Waals surface area contributed by atoms with Crippen LogP contribution in [-0.2, 0) is 18.3 Å². The molecule has 1 atom stereocenters. The number of rotatable bonds is 3. The van der Waals surface area contributed by atoms with E-state index in [2.05, 4.69) is 238 Å². The van der Waals surface area contributed by atoms with Crippen LogP contribution in [0.5, 0.6) is 0 Å². The Kier molecular flexibility index (Phi) is 7.12. The third kappa shape index (κ3) is 4.53. The number of fused-ring (bicyclic) bond motifs is 9. The third-order valence-corrected chi connectivity index (χ3v) is 16.0. The molecule has 316 valence electrons. The fourth-order valence-electron chi connectivity index (χ4n) is 13.4. The smallest absolute Gasteiger partial charge is 0.0544 e. The highest BCUT2D eigenvalue weighted by molar-refractivity contribution is 6.17. The number of hydrogen-bond donors (Lipinski definition) is 0. The minimum absolute atomic E-state index is 0.540. The number of hydrogen-bond acceptors (Lipinski definition) is 0. The Hall–Kier alpha value is -8.66. The Morgan fingerprint density at radius 1 is 0.265 bits per heavy atom. The van der Waals surface area contributed by atoms with Crippen LogP contribution in [0.25, 0.3) is 104 Å². The van der Waals surface area contributed by atoms with Gasteiger partial charge in [0.25, 0.3) is 0 Å². The lowest BCUT2D eigenvalue weighted by Crippen LogP contribution is -2.29. The highest BCUT2D eigenvalue weighted by Crippen LogP contribution is 2.57. The maximum absolute atomic E-state index is 2.52. The third-order valence-electron chi connectivity index (χ3n) is 16.0. The van der Waals surface area contributed by atoms with Gasteiger partial charge in [-0.1, -0.05) is 164 Å². The van der Waals surface area contributed by atoms with Crippen molar-refractivity contribution in [3.8, 4) is 17.1 Å². The lowest BCUT2D eigenvalue weighted by atomic mass is 9.67. The lowest BCUT2D eigenvalue weighted by Gasteiger charge is -2.35. The minimum Gasteiger partial charge on any atom is -0.309 e. The van der Waals surface area contributed by atoms with Gasteiger partial charge >= 0.3 is 0 Å². The van der Waals surface area contributed by atoms with Crippen molar-refractivity contribution in [2.24, 2.45) is 0 Å². The summed E-state index contributed by atoms with van der Waals surface area (Å²) in [5.41, 5.74) is 18.7. The molecule has 1 unspecified atom stereocenters.